The van der Waals surface area contributed by atoms with Gasteiger partial charge in [0.1, 0.15) is 0 Å². The Bertz CT molecular complexity index is 961. The van der Waals surface area contributed by atoms with Crippen molar-refractivity contribution in [1.29, 1.82) is 0 Å². The molecule has 2 aromatic carbocycles. The first-order valence-electron chi connectivity index (χ1n) is 8.55. The molecular formula is C20H18BrClN2O3S. The molecule has 5 nitrogen and oxygen atoms in total. The zero-order valence-electron chi connectivity index (χ0n) is 15.3. The van der Waals surface area contributed by atoms with Crippen molar-refractivity contribution in [3.8, 4) is 11.5 Å². The normalized spacial score (nSPS) is 17.0. The third-order valence-corrected chi connectivity index (χ3v) is 5.92. The number of rotatable bonds is 5. The molecule has 3 rings (SSSR count). The van der Waals surface area contributed by atoms with E-state index in [4.69, 9.17) is 16.3 Å². The van der Waals surface area contributed by atoms with Crippen LogP contribution in [0.5, 0.6) is 11.5 Å². The van der Waals surface area contributed by atoms with Crippen LogP contribution in [0, 0.1) is 0 Å². The van der Waals surface area contributed by atoms with E-state index in [0.717, 1.165) is 17.7 Å². The van der Waals surface area contributed by atoms with Gasteiger partial charge in [0.15, 0.2) is 16.7 Å². The van der Waals surface area contributed by atoms with Crippen LogP contribution in [0.15, 0.2) is 50.8 Å². The van der Waals surface area contributed by atoms with Crippen LogP contribution in [-0.2, 0) is 4.79 Å². The Morgan fingerprint density at radius 1 is 1.32 bits per heavy atom. The molecular weight excluding hydrogens is 464 g/mol. The smallest absolute Gasteiger partial charge is 0.266 e. The van der Waals surface area contributed by atoms with Gasteiger partial charge in [-0.3, -0.25) is 9.69 Å². The van der Waals surface area contributed by atoms with Crippen molar-refractivity contribution in [2.24, 2.45) is 4.99 Å². The standard InChI is InChI=1S/C20H18BrClN2O3S/c1-3-8-24-19(26)18(10-12-9-17(27-2)16(25)11-15(12)21)28-20(24)23-14-6-4-13(22)5-7-14/h4-7,9-11,25H,3,8H2,1-2H3/b18-10-,23-20?. The first-order chi connectivity index (χ1) is 13.4. The van der Waals surface area contributed by atoms with Crippen molar-refractivity contribution < 1.29 is 14.6 Å². The van der Waals surface area contributed by atoms with Gasteiger partial charge < -0.3 is 9.84 Å². The Balaban J connectivity index is 1.98. The number of ether oxygens (including phenoxy) is 1. The number of amides is 1. The highest BCUT2D eigenvalue weighted by molar-refractivity contribution is 9.10. The second-order valence-corrected chi connectivity index (χ2v) is 8.28. The molecule has 146 valence electrons. The van der Waals surface area contributed by atoms with Crippen LogP contribution >= 0.6 is 39.3 Å². The summed E-state index contributed by atoms with van der Waals surface area (Å²) in [6, 6.07) is 10.4. The van der Waals surface area contributed by atoms with Gasteiger partial charge in [0.05, 0.1) is 17.7 Å². The first kappa shape index (κ1) is 20.8. The first-order valence-corrected chi connectivity index (χ1v) is 10.5. The van der Waals surface area contributed by atoms with Gasteiger partial charge in [-0.25, -0.2) is 4.99 Å². The second kappa shape index (κ2) is 9.03. The van der Waals surface area contributed by atoms with Crippen molar-refractivity contribution in [1.82, 2.24) is 4.90 Å². The van der Waals surface area contributed by atoms with Crippen LogP contribution in [0.3, 0.4) is 0 Å². The number of aliphatic imine (C=N–C) groups is 1. The molecule has 1 fully saturated rings. The highest BCUT2D eigenvalue weighted by atomic mass is 79.9. The molecule has 0 bridgehead atoms. The van der Waals surface area contributed by atoms with E-state index in [2.05, 4.69) is 20.9 Å². The molecule has 0 aliphatic carbocycles. The van der Waals surface area contributed by atoms with E-state index in [1.54, 1.807) is 35.2 Å². The number of phenols is 1. The van der Waals surface area contributed by atoms with E-state index in [1.165, 1.54) is 18.9 Å². The lowest BCUT2D eigenvalue weighted by Gasteiger charge is -2.14. The fourth-order valence-electron chi connectivity index (χ4n) is 2.61. The van der Waals surface area contributed by atoms with Crippen molar-refractivity contribution in [3.63, 3.8) is 0 Å². The molecule has 1 amide bonds. The number of aromatic hydroxyl groups is 1. The summed E-state index contributed by atoms with van der Waals surface area (Å²) in [7, 11) is 1.48. The third-order valence-electron chi connectivity index (χ3n) is 3.97. The van der Waals surface area contributed by atoms with E-state index in [9.17, 15) is 9.90 Å². The van der Waals surface area contributed by atoms with Gasteiger partial charge in [0.2, 0.25) is 0 Å². The molecule has 1 saturated heterocycles. The molecule has 0 saturated carbocycles. The summed E-state index contributed by atoms with van der Waals surface area (Å²) in [6.07, 6.45) is 2.59. The highest BCUT2D eigenvalue weighted by Gasteiger charge is 2.33. The van der Waals surface area contributed by atoms with E-state index in [-0.39, 0.29) is 11.7 Å². The average Bonchev–Trinajstić information content (AvgIpc) is 2.95. The maximum absolute atomic E-state index is 12.9. The fraction of sp³-hybridized carbons (Fsp3) is 0.200. The summed E-state index contributed by atoms with van der Waals surface area (Å²) < 4.78 is 5.83. The number of nitrogens with zero attached hydrogens (tertiary/aromatic N) is 2. The molecule has 0 spiro atoms. The van der Waals surface area contributed by atoms with Crippen LogP contribution < -0.4 is 4.74 Å². The number of carbonyl (C=O) groups is 1. The molecule has 0 aromatic heterocycles. The number of methoxy groups -OCH3 is 1. The molecule has 2 aromatic rings. The highest BCUT2D eigenvalue weighted by Crippen LogP contribution is 2.38. The van der Waals surface area contributed by atoms with Gasteiger partial charge in [-0.2, -0.15) is 0 Å². The van der Waals surface area contributed by atoms with Crippen molar-refractivity contribution in [2.75, 3.05) is 13.7 Å². The zero-order valence-corrected chi connectivity index (χ0v) is 18.4. The number of hydrogen-bond donors (Lipinski definition) is 1. The minimum atomic E-state index is -0.0986. The van der Waals surface area contributed by atoms with E-state index in [0.29, 0.717) is 31.9 Å². The second-order valence-electron chi connectivity index (χ2n) is 5.98. The number of benzene rings is 2. The summed E-state index contributed by atoms with van der Waals surface area (Å²) in [6.45, 7) is 2.59. The molecule has 1 aliphatic rings. The molecule has 1 aliphatic heterocycles. The van der Waals surface area contributed by atoms with Crippen LogP contribution in [0.1, 0.15) is 18.9 Å². The number of hydrogen-bond acceptors (Lipinski definition) is 5. The molecule has 0 radical (unpaired) electrons. The predicted octanol–water partition coefficient (Wildman–Crippen LogP) is 5.83. The summed E-state index contributed by atoms with van der Waals surface area (Å²) in [4.78, 5) is 19.8. The number of amidine groups is 1. The van der Waals surface area contributed by atoms with Crippen molar-refractivity contribution in [3.05, 3.63) is 56.4 Å². The van der Waals surface area contributed by atoms with E-state index in [1.807, 2.05) is 19.1 Å². The fourth-order valence-corrected chi connectivity index (χ4v) is 4.20. The SMILES string of the molecule is CCCN1C(=O)/C(=C/c2cc(OC)c(O)cc2Br)SC1=Nc1ccc(Cl)cc1. The molecule has 0 unspecified atom stereocenters. The Labute approximate surface area is 181 Å². The number of halogens is 2. The summed E-state index contributed by atoms with van der Waals surface area (Å²) >= 11 is 10.7. The van der Waals surface area contributed by atoms with Crippen LogP contribution in [0.25, 0.3) is 6.08 Å². The molecule has 8 heteroatoms. The summed E-state index contributed by atoms with van der Waals surface area (Å²) in [5.41, 5.74) is 1.46. The number of phenolic OH excluding ortho intramolecular Hbond substituents is 1. The predicted molar refractivity (Wildman–Crippen MR) is 118 cm³/mol. The maximum Gasteiger partial charge on any atom is 0.266 e. The van der Waals surface area contributed by atoms with Gasteiger partial charge in [-0.1, -0.05) is 34.5 Å². The topological polar surface area (TPSA) is 62.1 Å². The molecule has 1 N–H and O–H groups in total. The number of carbonyl (C=O) groups excluding carboxylic acids is 1. The lowest BCUT2D eigenvalue weighted by molar-refractivity contribution is -0.122. The van der Waals surface area contributed by atoms with Crippen LogP contribution in [0.4, 0.5) is 5.69 Å². The van der Waals surface area contributed by atoms with Gasteiger partial charge in [-0.05, 0) is 66.2 Å². The Kier molecular flexibility index (Phi) is 6.69. The van der Waals surface area contributed by atoms with Crippen LogP contribution in [-0.4, -0.2) is 34.7 Å². The zero-order chi connectivity index (χ0) is 20.3. The van der Waals surface area contributed by atoms with E-state index < -0.39 is 0 Å². The third kappa shape index (κ3) is 4.54. The lowest BCUT2D eigenvalue weighted by Crippen LogP contribution is -2.29. The van der Waals surface area contributed by atoms with Crippen LogP contribution in [0.2, 0.25) is 5.02 Å². The molecule has 1 heterocycles. The van der Waals surface area contributed by atoms with Crippen molar-refractivity contribution >= 4 is 62.1 Å². The van der Waals surface area contributed by atoms with Gasteiger partial charge in [0, 0.05) is 16.0 Å². The quantitative estimate of drug-likeness (QED) is 0.546. The number of thioether (sulfide) groups is 1. The largest absolute Gasteiger partial charge is 0.504 e. The Morgan fingerprint density at radius 2 is 2.04 bits per heavy atom. The van der Waals surface area contributed by atoms with E-state index >= 15 is 0 Å². The minimum Gasteiger partial charge on any atom is -0.504 e. The molecule has 0 atom stereocenters. The molecule has 28 heavy (non-hydrogen) atoms. The maximum atomic E-state index is 12.9. The Hall–Kier alpha value is -1.96. The van der Waals surface area contributed by atoms with Gasteiger partial charge in [-0.15, -0.1) is 0 Å². The average molecular weight is 482 g/mol. The van der Waals surface area contributed by atoms with Gasteiger partial charge >= 0.3 is 0 Å². The summed E-state index contributed by atoms with van der Waals surface area (Å²) in [5, 5.41) is 11.1. The minimum absolute atomic E-state index is 0.0273. The summed E-state index contributed by atoms with van der Waals surface area (Å²) in [5.74, 6) is 0.268. The lowest BCUT2D eigenvalue weighted by atomic mass is 10.2. The van der Waals surface area contributed by atoms with Crippen molar-refractivity contribution in [2.45, 2.75) is 13.3 Å². The monoisotopic (exact) mass is 480 g/mol. The van der Waals surface area contributed by atoms with Gasteiger partial charge in [0.25, 0.3) is 5.91 Å². The Morgan fingerprint density at radius 3 is 2.68 bits per heavy atom.